The second-order valence-electron chi connectivity index (χ2n) is 8.78. The Balaban J connectivity index is 2.47. The number of carbonyl (C=O) groups excluding carboxylic acids is 3. The van der Waals surface area contributed by atoms with Crippen LogP contribution < -0.4 is 10.6 Å². The van der Waals surface area contributed by atoms with E-state index in [2.05, 4.69) is 10.6 Å². The van der Waals surface area contributed by atoms with Gasteiger partial charge in [0.15, 0.2) is 0 Å². The van der Waals surface area contributed by atoms with Gasteiger partial charge in [0.2, 0.25) is 0 Å². The molecule has 0 aromatic heterocycles. The largest absolute Gasteiger partial charge is 0.450 e. The van der Waals surface area contributed by atoms with E-state index in [9.17, 15) is 23.2 Å². The minimum Gasteiger partial charge on any atom is -0.450 e. The van der Waals surface area contributed by atoms with Crippen molar-refractivity contribution in [3.8, 4) is 0 Å². The number of hydrogen-bond acceptors (Lipinski definition) is 6. The predicted molar refractivity (Wildman–Crippen MR) is 116 cm³/mol. The van der Waals surface area contributed by atoms with E-state index in [0.717, 1.165) is 12.1 Å². The lowest BCUT2D eigenvalue weighted by Gasteiger charge is -2.32. The first-order valence-electron chi connectivity index (χ1n) is 10.2. The van der Waals surface area contributed by atoms with E-state index in [1.54, 1.807) is 41.5 Å². The van der Waals surface area contributed by atoms with Crippen molar-refractivity contribution in [1.29, 1.82) is 5.41 Å². The Kier molecular flexibility index (Phi) is 7.46. The fraction of sp³-hybridized carbons (Fsp3) is 0.455. The smallest absolute Gasteiger partial charge is 0.412 e. The fourth-order valence-corrected chi connectivity index (χ4v) is 3.06. The van der Waals surface area contributed by atoms with E-state index in [1.165, 1.54) is 4.90 Å². The minimum absolute atomic E-state index is 0.0297. The topological polar surface area (TPSA) is 121 Å². The van der Waals surface area contributed by atoms with Crippen molar-refractivity contribution in [2.45, 2.75) is 52.7 Å². The standard InChI is InChI=1S/C22H28F2N4O5/c1-7-32-19(30)27-17(26-18(29)13-9-8-12(23)10-15(13)24)14-11-28(22(5,6)16(14)25)20(31)33-21(2,3)4/h8-10,25H,7,11H2,1-6H3,(H,26,29)(H,27,30)/b17-14-,25-16?. The highest BCUT2D eigenvalue weighted by Crippen LogP contribution is 2.32. The molecule has 0 bridgehead atoms. The monoisotopic (exact) mass is 466 g/mol. The van der Waals surface area contributed by atoms with Crippen LogP contribution in [0.1, 0.15) is 51.9 Å². The Hall–Kier alpha value is -3.50. The van der Waals surface area contributed by atoms with Crippen LogP contribution in [0.15, 0.2) is 29.6 Å². The predicted octanol–water partition coefficient (Wildman–Crippen LogP) is 3.70. The summed E-state index contributed by atoms with van der Waals surface area (Å²) in [6.45, 7) is 9.72. The van der Waals surface area contributed by atoms with Gasteiger partial charge < -0.3 is 20.2 Å². The molecule has 9 nitrogen and oxygen atoms in total. The molecule has 1 saturated heterocycles. The number of rotatable bonds is 4. The summed E-state index contributed by atoms with van der Waals surface area (Å²) in [4.78, 5) is 38.8. The lowest BCUT2D eigenvalue weighted by molar-refractivity contribution is 0.0184. The first-order chi connectivity index (χ1) is 15.2. The molecule has 1 aromatic carbocycles. The molecule has 1 aliphatic heterocycles. The molecule has 180 valence electrons. The first kappa shape index (κ1) is 25.8. The molecule has 0 radical (unpaired) electrons. The number of hydrogen-bond donors (Lipinski definition) is 3. The summed E-state index contributed by atoms with van der Waals surface area (Å²) in [6, 6.07) is 2.41. The molecule has 0 saturated carbocycles. The van der Waals surface area contributed by atoms with Gasteiger partial charge in [-0.3, -0.25) is 15.0 Å². The third-order valence-electron chi connectivity index (χ3n) is 4.74. The van der Waals surface area contributed by atoms with Gasteiger partial charge in [-0.05, 0) is 53.7 Å². The Morgan fingerprint density at radius 3 is 2.36 bits per heavy atom. The van der Waals surface area contributed by atoms with Crippen molar-refractivity contribution in [1.82, 2.24) is 15.5 Å². The molecule has 3 N–H and O–H groups in total. The van der Waals surface area contributed by atoms with Gasteiger partial charge in [-0.1, -0.05) is 0 Å². The molecule has 33 heavy (non-hydrogen) atoms. The summed E-state index contributed by atoms with van der Waals surface area (Å²) in [5, 5.41) is 13.3. The normalized spacial score (nSPS) is 16.8. The van der Waals surface area contributed by atoms with Gasteiger partial charge in [0.25, 0.3) is 5.91 Å². The minimum atomic E-state index is -1.15. The third kappa shape index (κ3) is 6.05. The molecule has 1 aromatic rings. The zero-order valence-corrected chi connectivity index (χ0v) is 19.4. The lowest BCUT2D eigenvalue weighted by Crippen LogP contribution is -2.48. The number of likely N-dealkylation sites (tertiary alicyclic amines) is 1. The maximum atomic E-state index is 14.1. The summed E-state index contributed by atoms with van der Waals surface area (Å²) >= 11 is 0. The molecule has 1 heterocycles. The Morgan fingerprint density at radius 1 is 1.18 bits per heavy atom. The highest BCUT2D eigenvalue weighted by molar-refractivity contribution is 6.10. The number of nitrogens with one attached hydrogen (secondary N) is 3. The summed E-state index contributed by atoms with van der Waals surface area (Å²) in [5.74, 6) is -3.22. The van der Waals surface area contributed by atoms with Gasteiger partial charge in [0.05, 0.1) is 30.0 Å². The second kappa shape index (κ2) is 9.55. The third-order valence-corrected chi connectivity index (χ3v) is 4.74. The van der Waals surface area contributed by atoms with Crippen molar-refractivity contribution in [3.05, 3.63) is 46.8 Å². The Morgan fingerprint density at radius 2 is 1.82 bits per heavy atom. The zero-order chi connectivity index (χ0) is 25.1. The maximum absolute atomic E-state index is 14.1. The van der Waals surface area contributed by atoms with Crippen LogP contribution in [0.5, 0.6) is 0 Å². The van der Waals surface area contributed by atoms with E-state index in [1.807, 2.05) is 0 Å². The Labute approximate surface area is 190 Å². The van der Waals surface area contributed by atoms with Gasteiger partial charge in [0, 0.05) is 11.6 Å². The van der Waals surface area contributed by atoms with Crippen molar-refractivity contribution < 1.29 is 32.6 Å². The van der Waals surface area contributed by atoms with Crippen molar-refractivity contribution in [2.24, 2.45) is 0 Å². The van der Waals surface area contributed by atoms with E-state index >= 15 is 0 Å². The van der Waals surface area contributed by atoms with Gasteiger partial charge >= 0.3 is 12.2 Å². The fourth-order valence-electron chi connectivity index (χ4n) is 3.06. The van der Waals surface area contributed by atoms with Crippen LogP contribution in [0.3, 0.4) is 0 Å². The molecule has 2 rings (SSSR count). The quantitative estimate of drug-likeness (QED) is 0.625. The highest BCUT2D eigenvalue weighted by Gasteiger charge is 2.46. The average molecular weight is 466 g/mol. The van der Waals surface area contributed by atoms with E-state index in [-0.39, 0.29) is 30.3 Å². The number of benzene rings is 1. The SMILES string of the molecule is CCOC(=O)N/C(NC(=O)c1ccc(F)cc1F)=C1/CN(C(=O)OC(C)(C)C)C(C)(C)C1=N. The Bertz CT molecular complexity index is 1010. The average Bonchev–Trinajstić information content (AvgIpc) is 2.89. The van der Waals surface area contributed by atoms with Crippen molar-refractivity contribution >= 4 is 23.8 Å². The van der Waals surface area contributed by atoms with E-state index in [0.29, 0.717) is 6.07 Å². The molecular formula is C22H28F2N4O5. The molecular weight excluding hydrogens is 438 g/mol. The second-order valence-corrected chi connectivity index (χ2v) is 8.78. The van der Waals surface area contributed by atoms with Gasteiger partial charge in [0.1, 0.15) is 23.1 Å². The van der Waals surface area contributed by atoms with Crippen LogP contribution in [-0.4, -0.2) is 53.0 Å². The summed E-state index contributed by atoms with van der Waals surface area (Å²) in [7, 11) is 0. The van der Waals surface area contributed by atoms with Gasteiger partial charge in [-0.2, -0.15) is 0 Å². The maximum Gasteiger partial charge on any atom is 0.412 e. The van der Waals surface area contributed by atoms with E-state index in [4.69, 9.17) is 14.9 Å². The van der Waals surface area contributed by atoms with Crippen LogP contribution in [0.2, 0.25) is 0 Å². The van der Waals surface area contributed by atoms with Gasteiger partial charge in [-0.15, -0.1) is 0 Å². The first-order valence-corrected chi connectivity index (χ1v) is 10.2. The number of amides is 3. The summed E-state index contributed by atoms with van der Waals surface area (Å²) < 4.78 is 37.6. The highest BCUT2D eigenvalue weighted by atomic mass is 19.1. The van der Waals surface area contributed by atoms with Crippen LogP contribution in [0.4, 0.5) is 18.4 Å². The van der Waals surface area contributed by atoms with Gasteiger partial charge in [-0.25, -0.2) is 18.4 Å². The molecule has 11 heteroatoms. The van der Waals surface area contributed by atoms with Crippen LogP contribution in [0, 0.1) is 17.0 Å². The summed E-state index contributed by atoms with van der Waals surface area (Å²) in [5.41, 5.74) is -2.41. The van der Waals surface area contributed by atoms with E-state index < -0.39 is 46.4 Å². The summed E-state index contributed by atoms with van der Waals surface area (Å²) in [6.07, 6.45) is -1.63. The van der Waals surface area contributed by atoms with Crippen LogP contribution in [0.25, 0.3) is 0 Å². The number of alkyl carbamates (subject to hydrolysis) is 1. The number of ether oxygens (including phenoxy) is 2. The van der Waals surface area contributed by atoms with Crippen LogP contribution >= 0.6 is 0 Å². The van der Waals surface area contributed by atoms with Crippen molar-refractivity contribution in [3.63, 3.8) is 0 Å². The number of halogens is 2. The lowest BCUT2D eigenvalue weighted by atomic mass is 9.97. The molecule has 0 atom stereocenters. The number of nitrogens with zero attached hydrogens (tertiary/aromatic N) is 1. The molecule has 1 fully saturated rings. The zero-order valence-electron chi connectivity index (χ0n) is 19.4. The number of carbonyl (C=O) groups is 3. The molecule has 0 spiro atoms. The molecule has 3 amide bonds. The van der Waals surface area contributed by atoms with Crippen molar-refractivity contribution in [2.75, 3.05) is 13.2 Å². The molecule has 0 unspecified atom stereocenters. The molecule has 0 aliphatic carbocycles. The molecule has 1 aliphatic rings. The van der Waals surface area contributed by atoms with Crippen LogP contribution in [-0.2, 0) is 9.47 Å².